The molecule has 2 rings (SSSR count). The molecule has 1 fully saturated rings. The van der Waals surface area contributed by atoms with Gasteiger partial charge in [0.2, 0.25) is 0 Å². The molecule has 0 aliphatic carbocycles. The van der Waals surface area contributed by atoms with Crippen LogP contribution in [0.3, 0.4) is 0 Å². The van der Waals surface area contributed by atoms with E-state index in [0.717, 1.165) is 43.0 Å². The molecule has 1 aliphatic heterocycles. The Kier molecular flexibility index (Phi) is 4.37. The Morgan fingerprint density at radius 2 is 2.37 bits per heavy atom. The highest BCUT2D eigenvalue weighted by Gasteiger charge is 2.21. The quantitative estimate of drug-likeness (QED) is 0.563. The molecule has 1 aromatic heterocycles. The molecule has 2 heterocycles. The van der Waals surface area contributed by atoms with Gasteiger partial charge in [-0.3, -0.25) is 5.41 Å². The number of nitrogens with one attached hydrogen (secondary N) is 1. The molecule has 5 nitrogen and oxygen atoms in total. The molecular weight excluding hydrogens is 240 g/mol. The monoisotopic (exact) mass is 262 g/mol. The first-order valence-corrected chi connectivity index (χ1v) is 6.79. The summed E-state index contributed by atoms with van der Waals surface area (Å²) in [5, 5.41) is 16.6. The summed E-state index contributed by atoms with van der Waals surface area (Å²) >= 11 is 0. The smallest absolute Gasteiger partial charge is 0.129 e. The highest BCUT2D eigenvalue weighted by molar-refractivity contribution is 5.95. The fourth-order valence-electron chi connectivity index (χ4n) is 2.66. The second kappa shape index (κ2) is 6.02. The van der Waals surface area contributed by atoms with Gasteiger partial charge in [0.1, 0.15) is 11.7 Å². The predicted octanol–water partition coefficient (Wildman–Crippen LogP) is 1.27. The minimum Gasteiger partial charge on any atom is -0.396 e. The largest absolute Gasteiger partial charge is 0.396 e. The van der Waals surface area contributed by atoms with Crippen LogP contribution in [0.1, 0.15) is 30.5 Å². The van der Waals surface area contributed by atoms with Crippen molar-refractivity contribution in [3.63, 3.8) is 0 Å². The fourth-order valence-corrected chi connectivity index (χ4v) is 2.66. The molecule has 4 N–H and O–H groups in total. The highest BCUT2D eigenvalue weighted by atomic mass is 16.3. The van der Waals surface area contributed by atoms with E-state index in [1.54, 1.807) is 0 Å². The number of amidine groups is 1. The topological polar surface area (TPSA) is 86.2 Å². The number of anilines is 1. The first kappa shape index (κ1) is 13.8. The molecule has 1 atom stereocenters. The maximum atomic E-state index is 9.06. The van der Waals surface area contributed by atoms with E-state index < -0.39 is 0 Å². The SMILES string of the molecule is Cc1cc(C(=N)N)cc(N2CCCC(CCO)C2)n1. The van der Waals surface area contributed by atoms with Gasteiger partial charge in [-0.2, -0.15) is 0 Å². The van der Waals surface area contributed by atoms with E-state index in [1.165, 1.54) is 6.42 Å². The molecule has 0 bridgehead atoms. The summed E-state index contributed by atoms with van der Waals surface area (Å²) in [6.45, 7) is 4.08. The van der Waals surface area contributed by atoms with Crippen LogP contribution < -0.4 is 10.6 Å². The van der Waals surface area contributed by atoms with Gasteiger partial charge in [-0.05, 0) is 44.2 Å². The summed E-state index contributed by atoms with van der Waals surface area (Å²) in [7, 11) is 0. The fraction of sp³-hybridized carbons (Fsp3) is 0.571. The van der Waals surface area contributed by atoms with Crippen molar-refractivity contribution in [1.82, 2.24) is 4.98 Å². The summed E-state index contributed by atoms with van der Waals surface area (Å²) in [5.74, 6) is 1.50. The van der Waals surface area contributed by atoms with Crippen LogP contribution >= 0.6 is 0 Å². The van der Waals surface area contributed by atoms with Crippen molar-refractivity contribution in [2.45, 2.75) is 26.2 Å². The third-order valence-electron chi connectivity index (χ3n) is 3.63. The van der Waals surface area contributed by atoms with Gasteiger partial charge in [-0.1, -0.05) is 0 Å². The van der Waals surface area contributed by atoms with Crippen molar-refractivity contribution >= 4 is 11.7 Å². The standard InChI is InChI=1S/C14H22N4O/c1-10-7-12(14(15)16)8-13(17-10)18-5-2-3-11(9-18)4-6-19/h7-8,11,19H,2-6,9H2,1H3,(H3,15,16). The van der Waals surface area contributed by atoms with Gasteiger partial charge >= 0.3 is 0 Å². The van der Waals surface area contributed by atoms with Crippen LogP contribution in [-0.4, -0.2) is 35.6 Å². The predicted molar refractivity (Wildman–Crippen MR) is 76.6 cm³/mol. The zero-order chi connectivity index (χ0) is 13.8. The van der Waals surface area contributed by atoms with E-state index in [2.05, 4.69) is 9.88 Å². The summed E-state index contributed by atoms with van der Waals surface area (Å²) in [6.07, 6.45) is 3.14. The molecule has 0 spiro atoms. The summed E-state index contributed by atoms with van der Waals surface area (Å²) in [4.78, 5) is 6.79. The van der Waals surface area contributed by atoms with Gasteiger partial charge in [0.25, 0.3) is 0 Å². The zero-order valence-corrected chi connectivity index (χ0v) is 11.4. The molecule has 0 amide bonds. The molecule has 1 unspecified atom stereocenters. The minimum atomic E-state index is 0.0793. The highest BCUT2D eigenvalue weighted by Crippen LogP contribution is 2.24. The van der Waals surface area contributed by atoms with Crippen molar-refractivity contribution in [1.29, 1.82) is 5.41 Å². The van der Waals surface area contributed by atoms with E-state index in [0.29, 0.717) is 5.92 Å². The van der Waals surface area contributed by atoms with E-state index in [-0.39, 0.29) is 12.4 Å². The summed E-state index contributed by atoms with van der Waals surface area (Å²) in [5.41, 5.74) is 7.17. The molecule has 1 aliphatic rings. The summed E-state index contributed by atoms with van der Waals surface area (Å²) < 4.78 is 0. The number of nitrogens with two attached hydrogens (primary N) is 1. The Morgan fingerprint density at radius 1 is 1.58 bits per heavy atom. The van der Waals surface area contributed by atoms with Gasteiger partial charge in [-0.25, -0.2) is 4.98 Å². The number of hydrogen-bond acceptors (Lipinski definition) is 4. The molecule has 5 heteroatoms. The second-order valence-corrected chi connectivity index (χ2v) is 5.24. The van der Waals surface area contributed by atoms with Crippen LogP contribution in [0.4, 0.5) is 5.82 Å². The first-order valence-electron chi connectivity index (χ1n) is 6.79. The van der Waals surface area contributed by atoms with Crippen LogP contribution in [0.15, 0.2) is 12.1 Å². The van der Waals surface area contributed by atoms with Crippen molar-refractivity contribution < 1.29 is 5.11 Å². The van der Waals surface area contributed by atoms with Crippen LogP contribution in [0, 0.1) is 18.3 Å². The molecule has 1 aromatic rings. The lowest BCUT2D eigenvalue weighted by molar-refractivity contribution is 0.244. The second-order valence-electron chi connectivity index (χ2n) is 5.24. The van der Waals surface area contributed by atoms with Crippen LogP contribution in [0.2, 0.25) is 0 Å². The van der Waals surface area contributed by atoms with Crippen molar-refractivity contribution in [2.75, 3.05) is 24.6 Å². The lowest BCUT2D eigenvalue weighted by Gasteiger charge is -2.33. The number of piperidine rings is 1. The first-order chi connectivity index (χ1) is 9.10. The van der Waals surface area contributed by atoms with Gasteiger partial charge in [0, 0.05) is 31.0 Å². The number of aliphatic hydroxyl groups is 1. The Bertz CT molecular complexity index is 459. The van der Waals surface area contributed by atoms with Crippen LogP contribution in [0.25, 0.3) is 0 Å². The third kappa shape index (κ3) is 3.44. The Labute approximate surface area is 114 Å². The molecule has 0 radical (unpaired) electrons. The van der Waals surface area contributed by atoms with Crippen molar-refractivity contribution in [3.05, 3.63) is 23.4 Å². The van der Waals surface area contributed by atoms with Crippen molar-refractivity contribution in [2.24, 2.45) is 11.7 Å². The number of hydrogen-bond donors (Lipinski definition) is 3. The number of pyridine rings is 1. The van der Waals surface area contributed by atoms with E-state index in [1.807, 2.05) is 19.1 Å². The van der Waals surface area contributed by atoms with E-state index in [9.17, 15) is 0 Å². The van der Waals surface area contributed by atoms with Crippen molar-refractivity contribution in [3.8, 4) is 0 Å². The van der Waals surface area contributed by atoms with Gasteiger partial charge < -0.3 is 15.7 Å². The molecular formula is C14H22N4O. The zero-order valence-electron chi connectivity index (χ0n) is 11.4. The minimum absolute atomic E-state index is 0.0793. The number of nitrogens with zero attached hydrogens (tertiary/aromatic N) is 2. The average molecular weight is 262 g/mol. The lowest BCUT2D eigenvalue weighted by atomic mass is 9.95. The summed E-state index contributed by atoms with van der Waals surface area (Å²) in [6, 6.07) is 3.72. The number of aromatic nitrogens is 1. The van der Waals surface area contributed by atoms with E-state index >= 15 is 0 Å². The third-order valence-corrected chi connectivity index (χ3v) is 3.63. The molecule has 0 aromatic carbocycles. The Morgan fingerprint density at radius 3 is 3.05 bits per heavy atom. The van der Waals surface area contributed by atoms with E-state index in [4.69, 9.17) is 16.2 Å². The number of nitrogen functional groups attached to an aromatic ring is 1. The molecule has 104 valence electrons. The number of rotatable bonds is 4. The number of aliphatic hydroxyl groups excluding tert-OH is 1. The molecule has 0 saturated carbocycles. The van der Waals surface area contributed by atoms with Gasteiger partial charge in [0.05, 0.1) is 0 Å². The molecule has 1 saturated heterocycles. The molecule has 19 heavy (non-hydrogen) atoms. The van der Waals surface area contributed by atoms with Crippen LogP contribution in [0.5, 0.6) is 0 Å². The van der Waals surface area contributed by atoms with Gasteiger partial charge in [-0.15, -0.1) is 0 Å². The average Bonchev–Trinajstić information content (AvgIpc) is 2.38. The number of aryl methyl sites for hydroxylation is 1. The lowest BCUT2D eigenvalue weighted by Crippen LogP contribution is -2.36. The van der Waals surface area contributed by atoms with Gasteiger partial charge in [0.15, 0.2) is 0 Å². The normalized spacial score (nSPS) is 19.5. The maximum absolute atomic E-state index is 9.06. The Balaban J connectivity index is 2.18. The maximum Gasteiger partial charge on any atom is 0.129 e. The van der Waals surface area contributed by atoms with Crippen LogP contribution in [-0.2, 0) is 0 Å². The Hall–Kier alpha value is -1.62.